The molecule has 1 heterocycles. The first-order chi connectivity index (χ1) is 13.0. The van der Waals surface area contributed by atoms with Crippen molar-refractivity contribution in [2.45, 2.75) is 42.9 Å². The second kappa shape index (κ2) is 9.17. The van der Waals surface area contributed by atoms with E-state index in [9.17, 15) is 8.42 Å². The lowest BCUT2D eigenvalue weighted by Crippen LogP contribution is -2.53. The number of hydrogen-bond acceptors (Lipinski definition) is 3. The molecule has 7 heteroatoms. The van der Waals surface area contributed by atoms with Gasteiger partial charge in [0.1, 0.15) is 0 Å². The van der Waals surface area contributed by atoms with Crippen molar-refractivity contribution in [1.82, 2.24) is 14.5 Å². The van der Waals surface area contributed by atoms with Crippen LogP contribution in [0.1, 0.15) is 43.6 Å². The first-order valence-corrected chi connectivity index (χ1v) is 11.6. The minimum Gasteiger partial charge on any atom is -0.359 e. The molecule has 0 aromatic heterocycles. The smallest absolute Gasteiger partial charge is 0.243 e. The highest BCUT2D eigenvalue weighted by molar-refractivity contribution is 7.89. The second-order valence-electron chi connectivity index (χ2n) is 7.27. The number of rotatable bonds is 5. The van der Waals surface area contributed by atoms with Crippen molar-refractivity contribution >= 4 is 27.4 Å². The molecule has 1 N–H and O–H groups in total. The zero-order chi connectivity index (χ0) is 19.3. The first kappa shape index (κ1) is 20.3. The normalized spacial score (nSPS) is 19.6. The quantitative estimate of drug-likeness (QED) is 0.600. The SMILES string of the molecule is C=CCNC(=S)N1CCN(S(=O)(=O)c2ccc(C3CCCCC3)cc2)CC1. The lowest BCUT2D eigenvalue weighted by atomic mass is 9.84. The van der Waals surface area contributed by atoms with E-state index in [1.807, 2.05) is 17.0 Å². The van der Waals surface area contributed by atoms with Crippen LogP contribution < -0.4 is 5.32 Å². The lowest BCUT2D eigenvalue weighted by Gasteiger charge is -2.35. The van der Waals surface area contributed by atoms with E-state index in [0.29, 0.717) is 48.6 Å². The largest absolute Gasteiger partial charge is 0.359 e. The van der Waals surface area contributed by atoms with Crippen molar-refractivity contribution in [3.8, 4) is 0 Å². The molecule has 148 valence electrons. The molecule has 27 heavy (non-hydrogen) atoms. The van der Waals surface area contributed by atoms with Gasteiger partial charge in [-0.25, -0.2) is 8.42 Å². The molecule has 0 bridgehead atoms. The van der Waals surface area contributed by atoms with E-state index in [-0.39, 0.29) is 0 Å². The standard InChI is InChI=1S/C20H29N3O2S2/c1-2-12-21-20(26)22-13-15-23(16-14-22)27(24,25)19-10-8-18(9-11-19)17-6-4-3-5-7-17/h2,8-11,17H,1,3-7,12-16H2,(H,21,26). The van der Waals surface area contributed by atoms with Crippen molar-refractivity contribution in [3.63, 3.8) is 0 Å². The second-order valence-corrected chi connectivity index (χ2v) is 9.59. The van der Waals surface area contributed by atoms with Crippen LogP contribution in [-0.4, -0.2) is 55.5 Å². The van der Waals surface area contributed by atoms with Gasteiger partial charge in [-0.05, 0) is 48.7 Å². The van der Waals surface area contributed by atoms with Crippen LogP contribution in [0.15, 0.2) is 41.8 Å². The first-order valence-electron chi connectivity index (χ1n) is 9.76. The summed E-state index contributed by atoms with van der Waals surface area (Å²) in [4.78, 5) is 2.40. The van der Waals surface area contributed by atoms with Crippen LogP contribution >= 0.6 is 12.2 Å². The van der Waals surface area contributed by atoms with Gasteiger partial charge in [0.05, 0.1) is 4.90 Å². The van der Waals surface area contributed by atoms with E-state index >= 15 is 0 Å². The zero-order valence-corrected chi connectivity index (χ0v) is 17.4. The van der Waals surface area contributed by atoms with Gasteiger partial charge in [-0.2, -0.15) is 4.31 Å². The van der Waals surface area contributed by atoms with Crippen LogP contribution in [0.3, 0.4) is 0 Å². The molecule has 2 fully saturated rings. The Morgan fingerprint density at radius 3 is 2.33 bits per heavy atom. The minimum atomic E-state index is -3.45. The Balaban J connectivity index is 1.61. The number of sulfonamides is 1. The number of nitrogens with one attached hydrogen (secondary N) is 1. The predicted molar refractivity (Wildman–Crippen MR) is 113 cm³/mol. The molecule has 1 saturated heterocycles. The van der Waals surface area contributed by atoms with Crippen LogP contribution in [0.4, 0.5) is 0 Å². The van der Waals surface area contributed by atoms with Crippen molar-refractivity contribution in [2.24, 2.45) is 0 Å². The maximum atomic E-state index is 13.0. The Morgan fingerprint density at radius 1 is 1.11 bits per heavy atom. The third-order valence-corrected chi connectivity index (χ3v) is 7.83. The molecule has 0 atom stereocenters. The number of piperazine rings is 1. The number of thiocarbonyl (C=S) groups is 1. The van der Waals surface area contributed by atoms with Crippen LogP contribution in [0.5, 0.6) is 0 Å². The Hall–Kier alpha value is -1.44. The highest BCUT2D eigenvalue weighted by Crippen LogP contribution is 2.33. The summed E-state index contributed by atoms with van der Waals surface area (Å²) in [5, 5.41) is 3.75. The Labute approximate surface area is 168 Å². The Kier molecular flexibility index (Phi) is 6.89. The summed E-state index contributed by atoms with van der Waals surface area (Å²) in [5.41, 5.74) is 1.28. The third-order valence-electron chi connectivity index (χ3n) is 5.52. The molecule has 1 aromatic carbocycles. The molecule has 1 aromatic rings. The van der Waals surface area contributed by atoms with Gasteiger partial charge in [-0.15, -0.1) is 6.58 Å². The van der Waals surface area contributed by atoms with Crippen molar-refractivity contribution in [3.05, 3.63) is 42.5 Å². The topological polar surface area (TPSA) is 52.6 Å². The fraction of sp³-hybridized carbons (Fsp3) is 0.550. The molecule has 0 radical (unpaired) electrons. The van der Waals surface area contributed by atoms with Gasteiger partial charge in [0, 0.05) is 32.7 Å². The van der Waals surface area contributed by atoms with Crippen LogP contribution in [0.2, 0.25) is 0 Å². The number of hydrogen-bond donors (Lipinski definition) is 1. The highest BCUT2D eigenvalue weighted by atomic mass is 32.2. The summed E-state index contributed by atoms with van der Waals surface area (Å²) < 4.78 is 27.5. The fourth-order valence-electron chi connectivity index (χ4n) is 3.90. The van der Waals surface area contributed by atoms with Crippen LogP contribution in [-0.2, 0) is 10.0 Å². The molecule has 3 rings (SSSR count). The van der Waals surface area contributed by atoms with Crippen molar-refractivity contribution < 1.29 is 8.42 Å². The van der Waals surface area contributed by atoms with Crippen LogP contribution in [0.25, 0.3) is 0 Å². The van der Waals surface area contributed by atoms with E-state index in [4.69, 9.17) is 12.2 Å². The highest BCUT2D eigenvalue weighted by Gasteiger charge is 2.29. The average Bonchev–Trinajstić information content (AvgIpc) is 2.73. The molecule has 0 unspecified atom stereocenters. The van der Waals surface area contributed by atoms with Gasteiger partial charge < -0.3 is 10.2 Å². The van der Waals surface area contributed by atoms with Gasteiger partial charge in [-0.3, -0.25) is 0 Å². The monoisotopic (exact) mass is 407 g/mol. The van der Waals surface area contributed by atoms with E-state index in [1.54, 1.807) is 22.5 Å². The molecular weight excluding hydrogens is 378 g/mol. The fourth-order valence-corrected chi connectivity index (χ4v) is 5.59. The van der Waals surface area contributed by atoms with Gasteiger partial charge in [0.15, 0.2) is 5.11 Å². The third kappa shape index (κ3) is 4.89. The molecule has 1 aliphatic heterocycles. The molecular formula is C20H29N3O2S2. The molecule has 1 aliphatic carbocycles. The van der Waals surface area contributed by atoms with Gasteiger partial charge in [0.2, 0.25) is 10.0 Å². The van der Waals surface area contributed by atoms with Crippen molar-refractivity contribution in [1.29, 1.82) is 0 Å². The minimum absolute atomic E-state index is 0.392. The summed E-state index contributed by atoms with van der Waals surface area (Å²) in [7, 11) is -3.45. The summed E-state index contributed by atoms with van der Waals surface area (Å²) in [6.45, 7) is 6.37. The van der Waals surface area contributed by atoms with E-state index in [2.05, 4.69) is 11.9 Å². The van der Waals surface area contributed by atoms with E-state index in [0.717, 1.165) is 0 Å². The van der Waals surface area contributed by atoms with Gasteiger partial charge >= 0.3 is 0 Å². The Morgan fingerprint density at radius 2 is 1.74 bits per heavy atom. The molecule has 1 saturated carbocycles. The predicted octanol–water partition coefficient (Wildman–Crippen LogP) is 3.10. The van der Waals surface area contributed by atoms with E-state index < -0.39 is 10.0 Å². The van der Waals surface area contributed by atoms with Crippen LogP contribution in [0, 0.1) is 0 Å². The molecule has 0 spiro atoms. The number of nitrogens with zero attached hydrogens (tertiary/aromatic N) is 2. The van der Waals surface area contributed by atoms with E-state index in [1.165, 1.54) is 37.7 Å². The van der Waals surface area contributed by atoms with Gasteiger partial charge in [-0.1, -0.05) is 37.5 Å². The average molecular weight is 408 g/mol. The number of benzene rings is 1. The molecule has 0 amide bonds. The summed E-state index contributed by atoms with van der Waals surface area (Å²) in [5.74, 6) is 0.586. The molecule has 2 aliphatic rings. The maximum Gasteiger partial charge on any atom is 0.243 e. The van der Waals surface area contributed by atoms with Gasteiger partial charge in [0.25, 0.3) is 0 Å². The maximum absolute atomic E-state index is 13.0. The molecule has 5 nitrogen and oxygen atoms in total. The lowest BCUT2D eigenvalue weighted by molar-refractivity contribution is 0.264. The van der Waals surface area contributed by atoms with Crippen molar-refractivity contribution in [2.75, 3.05) is 32.7 Å². The zero-order valence-electron chi connectivity index (χ0n) is 15.8. The summed E-state index contributed by atoms with van der Waals surface area (Å²) in [6, 6.07) is 7.57. The summed E-state index contributed by atoms with van der Waals surface area (Å²) >= 11 is 5.34. The summed E-state index contributed by atoms with van der Waals surface area (Å²) in [6.07, 6.45) is 8.06. The Bertz CT molecular complexity index is 748.